The molecule has 4 nitrogen and oxygen atoms in total. The predicted molar refractivity (Wildman–Crippen MR) is 60.1 cm³/mol. The van der Waals surface area contributed by atoms with E-state index in [-0.39, 0.29) is 0 Å². The molecule has 2 N–H and O–H groups in total. The van der Waals surface area contributed by atoms with Gasteiger partial charge in [0.05, 0.1) is 12.8 Å². The van der Waals surface area contributed by atoms with Crippen LogP contribution in [0.4, 0.5) is 5.69 Å². The van der Waals surface area contributed by atoms with Gasteiger partial charge < -0.3 is 15.4 Å². The monoisotopic (exact) mass is 207 g/mol. The van der Waals surface area contributed by atoms with Crippen molar-refractivity contribution in [3.63, 3.8) is 0 Å². The van der Waals surface area contributed by atoms with Gasteiger partial charge in [0.25, 0.3) is 0 Å². The summed E-state index contributed by atoms with van der Waals surface area (Å²) in [7, 11) is 3.72. The fraction of sp³-hybridized carbons (Fsp3) is 0.545. The summed E-state index contributed by atoms with van der Waals surface area (Å²) in [5, 5.41) is 0. The average Bonchev–Trinajstić information content (AvgIpc) is 2.65. The van der Waals surface area contributed by atoms with Crippen LogP contribution in [0, 0.1) is 0 Å². The van der Waals surface area contributed by atoms with Crippen molar-refractivity contribution in [3.8, 4) is 5.88 Å². The number of nitrogens with zero attached hydrogens (tertiary/aromatic N) is 2. The number of anilines is 1. The Morgan fingerprint density at radius 3 is 2.93 bits per heavy atom. The lowest BCUT2D eigenvalue weighted by atomic mass is 10.00. The number of nitrogens with two attached hydrogens (primary N) is 1. The minimum absolute atomic E-state index is 0.519. The summed E-state index contributed by atoms with van der Waals surface area (Å²) in [6, 6.07) is 1.98. The van der Waals surface area contributed by atoms with E-state index in [2.05, 4.69) is 16.9 Å². The van der Waals surface area contributed by atoms with Gasteiger partial charge >= 0.3 is 0 Å². The third-order valence-electron chi connectivity index (χ3n) is 2.96. The van der Waals surface area contributed by atoms with Crippen molar-refractivity contribution >= 4 is 5.69 Å². The van der Waals surface area contributed by atoms with Gasteiger partial charge in [-0.1, -0.05) is 0 Å². The van der Waals surface area contributed by atoms with Crippen LogP contribution in [0.5, 0.6) is 5.88 Å². The second-order valence-electron chi connectivity index (χ2n) is 4.11. The zero-order valence-corrected chi connectivity index (χ0v) is 9.23. The standard InChI is InChI=1S/C11H17N3O/c1-14-4-3-8(7-14)9-5-10(12)11(15-2)13-6-9/h5-6,8H,3-4,7,12H2,1-2H3. The fourth-order valence-electron chi connectivity index (χ4n) is 2.09. The van der Waals surface area contributed by atoms with Crippen LogP contribution in [0.15, 0.2) is 12.3 Å². The van der Waals surface area contributed by atoms with E-state index in [9.17, 15) is 0 Å². The van der Waals surface area contributed by atoms with Crippen molar-refractivity contribution < 1.29 is 4.74 Å². The number of hydrogen-bond donors (Lipinski definition) is 1. The molecule has 82 valence electrons. The third kappa shape index (κ3) is 2.04. The number of ether oxygens (including phenoxy) is 1. The minimum atomic E-state index is 0.519. The molecule has 0 aliphatic carbocycles. The van der Waals surface area contributed by atoms with Gasteiger partial charge in [-0.2, -0.15) is 0 Å². The number of nitrogen functional groups attached to an aromatic ring is 1. The molecule has 4 heteroatoms. The maximum Gasteiger partial charge on any atom is 0.236 e. The van der Waals surface area contributed by atoms with Gasteiger partial charge in [-0.15, -0.1) is 0 Å². The van der Waals surface area contributed by atoms with E-state index < -0.39 is 0 Å². The molecule has 1 aromatic heterocycles. The smallest absolute Gasteiger partial charge is 0.236 e. The lowest BCUT2D eigenvalue weighted by Crippen LogP contribution is -2.13. The van der Waals surface area contributed by atoms with Crippen LogP contribution in [0.2, 0.25) is 0 Å². The first-order valence-corrected chi connectivity index (χ1v) is 5.18. The Balaban J connectivity index is 2.19. The lowest BCUT2D eigenvalue weighted by molar-refractivity contribution is 0.399. The Kier molecular flexibility index (Phi) is 2.77. The number of likely N-dealkylation sites (N-methyl/N-ethyl adjacent to an activating group) is 1. The molecule has 0 aromatic carbocycles. The molecular formula is C11H17N3O. The van der Waals surface area contributed by atoms with Gasteiger partial charge in [0.2, 0.25) is 5.88 Å². The summed E-state index contributed by atoms with van der Waals surface area (Å²) in [5.74, 6) is 1.08. The van der Waals surface area contributed by atoms with Gasteiger partial charge in [0.15, 0.2) is 0 Å². The molecule has 0 saturated carbocycles. The van der Waals surface area contributed by atoms with Crippen LogP contribution in [-0.4, -0.2) is 37.1 Å². The van der Waals surface area contributed by atoms with Crippen molar-refractivity contribution in [2.24, 2.45) is 0 Å². The second-order valence-corrected chi connectivity index (χ2v) is 4.11. The van der Waals surface area contributed by atoms with E-state index in [1.807, 2.05) is 12.3 Å². The van der Waals surface area contributed by atoms with E-state index >= 15 is 0 Å². The topological polar surface area (TPSA) is 51.4 Å². The van der Waals surface area contributed by atoms with Crippen molar-refractivity contribution in [1.29, 1.82) is 0 Å². The first kappa shape index (κ1) is 10.2. The van der Waals surface area contributed by atoms with E-state index in [0.717, 1.165) is 13.1 Å². The van der Waals surface area contributed by atoms with Crippen molar-refractivity contribution in [2.45, 2.75) is 12.3 Å². The van der Waals surface area contributed by atoms with E-state index in [1.54, 1.807) is 7.11 Å². The highest BCUT2D eigenvalue weighted by molar-refractivity contribution is 5.50. The molecule has 1 unspecified atom stereocenters. The summed E-state index contributed by atoms with van der Waals surface area (Å²) in [5.41, 5.74) is 7.68. The molecule has 1 saturated heterocycles. The van der Waals surface area contributed by atoms with Crippen LogP contribution in [-0.2, 0) is 0 Å². The summed E-state index contributed by atoms with van der Waals surface area (Å²) < 4.78 is 5.04. The highest BCUT2D eigenvalue weighted by Gasteiger charge is 2.21. The molecule has 1 aliphatic heterocycles. The maximum absolute atomic E-state index is 5.83. The predicted octanol–water partition coefficient (Wildman–Crippen LogP) is 1.09. The average molecular weight is 207 g/mol. The Labute approximate surface area is 90.0 Å². The Morgan fingerprint density at radius 1 is 1.60 bits per heavy atom. The molecular weight excluding hydrogens is 190 g/mol. The number of rotatable bonds is 2. The molecule has 0 radical (unpaired) electrons. The van der Waals surface area contributed by atoms with Crippen molar-refractivity contribution in [1.82, 2.24) is 9.88 Å². The molecule has 2 heterocycles. The summed E-state index contributed by atoms with van der Waals surface area (Å²) in [6.07, 6.45) is 3.06. The summed E-state index contributed by atoms with van der Waals surface area (Å²) in [4.78, 5) is 6.53. The molecule has 15 heavy (non-hydrogen) atoms. The lowest BCUT2D eigenvalue weighted by Gasteiger charge is -2.12. The molecule has 0 spiro atoms. The summed E-state index contributed by atoms with van der Waals surface area (Å²) in [6.45, 7) is 2.24. The van der Waals surface area contributed by atoms with Crippen LogP contribution in [0.25, 0.3) is 0 Å². The second kappa shape index (κ2) is 4.06. The van der Waals surface area contributed by atoms with Gasteiger partial charge in [-0.25, -0.2) is 4.98 Å². The van der Waals surface area contributed by atoms with Gasteiger partial charge in [0, 0.05) is 12.7 Å². The quantitative estimate of drug-likeness (QED) is 0.788. The number of methoxy groups -OCH3 is 1. The van der Waals surface area contributed by atoms with E-state index in [4.69, 9.17) is 10.5 Å². The highest BCUT2D eigenvalue weighted by Crippen LogP contribution is 2.29. The Hall–Kier alpha value is -1.29. The third-order valence-corrected chi connectivity index (χ3v) is 2.96. The van der Waals surface area contributed by atoms with Crippen LogP contribution in [0.1, 0.15) is 17.9 Å². The molecule has 1 aromatic rings. The Morgan fingerprint density at radius 2 is 2.40 bits per heavy atom. The maximum atomic E-state index is 5.83. The zero-order chi connectivity index (χ0) is 10.8. The molecule has 1 fully saturated rings. The highest BCUT2D eigenvalue weighted by atomic mass is 16.5. The molecule has 1 aliphatic rings. The number of pyridine rings is 1. The normalized spacial score (nSPS) is 21.9. The first-order chi connectivity index (χ1) is 7.20. The van der Waals surface area contributed by atoms with Crippen molar-refractivity contribution in [3.05, 3.63) is 17.8 Å². The number of likely N-dealkylation sites (tertiary alicyclic amines) is 1. The van der Waals surface area contributed by atoms with Crippen LogP contribution in [0.3, 0.4) is 0 Å². The van der Waals surface area contributed by atoms with Crippen LogP contribution >= 0.6 is 0 Å². The first-order valence-electron chi connectivity index (χ1n) is 5.18. The Bertz CT molecular complexity index is 354. The molecule has 0 bridgehead atoms. The molecule has 1 atom stereocenters. The van der Waals surface area contributed by atoms with E-state index in [0.29, 0.717) is 17.5 Å². The van der Waals surface area contributed by atoms with Gasteiger partial charge in [-0.05, 0) is 37.6 Å². The van der Waals surface area contributed by atoms with Gasteiger partial charge in [-0.3, -0.25) is 0 Å². The van der Waals surface area contributed by atoms with Crippen molar-refractivity contribution in [2.75, 3.05) is 33.0 Å². The summed E-state index contributed by atoms with van der Waals surface area (Å²) >= 11 is 0. The van der Waals surface area contributed by atoms with Crippen LogP contribution < -0.4 is 10.5 Å². The number of aromatic nitrogens is 1. The number of hydrogen-bond acceptors (Lipinski definition) is 4. The van der Waals surface area contributed by atoms with Gasteiger partial charge in [0.1, 0.15) is 0 Å². The van der Waals surface area contributed by atoms with E-state index in [1.165, 1.54) is 12.0 Å². The zero-order valence-electron chi connectivity index (χ0n) is 9.23. The molecule has 0 amide bonds. The molecule has 2 rings (SSSR count). The fourth-order valence-corrected chi connectivity index (χ4v) is 2.09. The largest absolute Gasteiger partial charge is 0.480 e. The minimum Gasteiger partial charge on any atom is -0.480 e. The SMILES string of the molecule is COc1ncc(C2CCN(C)C2)cc1N.